The maximum absolute atomic E-state index is 12.9. The van der Waals surface area contributed by atoms with E-state index in [0.29, 0.717) is 12.3 Å². The summed E-state index contributed by atoms with van der Waals surface area (Å²) >= 11 is 4.64. The average Bonchev–Trinajstić information content (AvgIpc) is 2.83. The second-order valence-corrected chi connectivity index (χ2v) is 7.17. The molecular weight excluding hydrogens is 334 g/mol. The molecule has 4 heteroatoms. The highest BCUT2D eigenvalue weighted by atomic mass is 35.5. The van der Waals surface area contributed by atoms with Gasteiger partial charge in [0.15, 0.2) is 5.78 Å². The predicted molar refractivity (Wildman–Crippen MR) is 104 cm³/mol. The van der Waals surface area contributed by atoms with E-state index in [2.05, 4.69) is 43.3 Å². The largest absolute Gasteiger partial charge is 0.358 e. The summed E-state index contributed by atoms with van der Waals surface area (Å²) in [4.78, 5) is 25.5. The molecule has 1 aliphatic rings. The summed E-state index contributed by atoms with van der Waals surface area (Å²) in [5.74, 6) is 0.141. The van der Waals surface area contributed by atoms with Crippen LogP contribution in [0.2, 0.25) is 0 Å². The Bertz CT molecular complexity index is 589. The first-order valence-electron chi connectivity index (χ1n) is 9.20. The van der Waals surface area contributed by atoms with Gasteiger partial charge in [-0.1, -0.05) is 31.0 Å². The summed E-state index contributed by atoms with van der Waals surface area (Å²) in [6.07, 6.45) is 4.84. The normalized spacial score (nSPS) is 21.1. The van der Waals surface area contributed by atoms with E-state index in [9.17, 15) is 9.59 Å². The van der Waals surface area contributed by atoms with Crippen molar-refractivity contribution in [3.8, 4) is 0 Å². The quantitative estimate of drug-likeness (QED) is 0.615. The number of carbonyl (C=O) groups is 2. The molecule has 2 rings (SSSR count). The van der Waals surface area contributed by atoms with Crippen LogP contribution >= 0.6 is 11.6 Å². The number of hydrogen-bond acceptors (Lipinski definition) is 2. The van der Waals surface area contributed by atoms with Crippen LogP contribution < -0.4 is 5.73 Å². The molecule has 1 aromatic rings. The number of halogens is 1. The van der Waals surface area contributed by atoms with E-state index in [4.69, 9.17) is 0 Å². The fourth-order valence-corrected chi connectivity index (χ4v) is 4.18. The Labute approximate surface area is 157 Å². The lowest BCUT2D eigenvalue weighted by Gasteiger charge is -2.18. The van der Waals surface area contributed by atoms with Crippen LogP contribution in [0.3, 0.4) is 0 Å². The molecule has 0 aliphatic heterocycles. The number of aryl methyl sites for hydroxylation is 3. The minimum atomic E-state index is -0.530. The molecule has 3 unspecified atom stereocenters. The maximum atomic E-state index is 12.9. The van der Waals surface area contributed by atoms with E-state index in [1.165, 1.54) is 11.9 Å². The van der Waals surface area contributed by atoms with Crippen LogP contribution in [0.1, 0.15) is 60.8 Å². The lowest BCUT2D eigenvalue weighted by atomic mass is 9.84. The number of hydrogen-bond donors (Lipinski definition) is 1. The lowest BCUT2D eigenvalue weighted by molar-refractivity contribution is -0.370. The first-order chi connectivity index (χ1) is 11.9. The Kier molecular flexibility index (Phi) is 8.81. The van der Waals surface area contributed by atoms with Crippen molar-refractivity contribution in [2.75, 3.05) is 12.9 Å². The van der Waals surface area contributed by atoms with Gasteiger partial charge in [-0.05, 0) is 56.2 Å². The number of ketones is 2. The first kappa shape index (κ1) is 21.9. The molecule has 1 aliphatic carbocycles. The zero-order chi connectivity index (χ0) is 19.1. The first-order valence-corrected chi connectivity index (χ1v) is 9.95. The Hall–Kier alpha value is -1.19. The molecule has 25 heavy (non-hydrogen) atoms. The molecule has 140 valence electrons. The zero-order valence-corrected chi connectivity index (χ0v) is 17.1. The second-order valence-electron chi connectivity index (χ2n) is 7.17. The summed E-state index contributed by atoms with van der Waals surface area (Å²) in [5, 5.41) is 0. The lowest BCUT2D eigenvalue weighted by Crippen LogP contribution is -2.50. The van der Waals surface area contributed by atoms with E-state index >= 15 is 0 Å². The number of carbonyl (C=O) groups excluding carboxylic acids is 2. The van der Waals surface area contributed by atoms with Gasteiger partial charge in [-0.25, -0.2) is 0 Å². The molecule has 0 heterocycles. The van der Waals surface area contributed by atoms with Crippen molar-refractivity contribution in [3.05, 3.63) is 34.4 Å². The van der Waals surface area contributed by atoms with Crippen molar-refractivity contribution >= 4 is 23.2 Å². The maximum Gasteiger partial charge on any atom is 0.151 e. The van der Waals surface area contributed by atoms with E-state index in [-0.39, 0.29) is 17.5 Å². The monoisotopic (exact) mass is 366 g/mol. The summed E-state index contributed by atoms with van der Waals surface area (Å²) in [5.41, 5.74) is 8.20. The van der Waals surface area contributed by atoms with E-state index < -0.39 is 5.92 Å². The topological polar surface area (TPSA) is 61.8 Å². The minimum Gasteiger partial charge on any atom is -0.358 e. The molecule has 3 nitrogen and oxygen atoms in total. The van der Waals surface area contributed by atoms with E-state index in [1.54, 1.807) is 0 Å². The van der Waals surface area contributed by atoms with Crippen LogP contribution in [0.15, 0.2) is 12.1 Å². The second kappa shape index (κ2) is 10.1. The molecule has 1 aromatic carbocycles. The Morgan fingerprint density at radius 2 is 1.72 bits per heavy atom. The number of Topliss-reactive ketones (excluding diaryl/α,β-unsaturated/α-hetero) is 2. The van der Waals surface area contributed by atoms with Crippen LogP contribution in [0, 0.1) is 32.6 Å². The van der Waals surface area contributed by atoms with Crippen molar-refractivity contribution in [3.63, 3.8) is 0 Å². The molecule has 1 saturated carbocycles. The fourth-order valence-electron chi connectivity index (χ4n) is 4.18. The number of rotatable bonds is 6. The zero-order valence-electron chi connectivity index (χ0n) is 16.3. The summed E-state index contributed by atoms with van der Waals surface area (Å²) in [6, 6.07) is 4.15. The third-order valence-corrected chi connectivity index (χ3v) is 5.29. The molecule has 1 fully saturated rings. The Morgan fingerprint density at radius 3 is 2.20 bits per heavy atom. The fraction of sp³-hybridized carbons (Fsp3) is 0.619. The Morgan fingerprint density at radius 1 is 1.16 bits per heavy atom. The van der Waals surface area contributed by atoms with Crippen molar-refractivity contribution in [2.24, 2.45) is 11.8 Å². The van der Waals surface area contributed by atoms with Crippen LogP contribution in [0.5, 0.6) is 0 Å². The van der Waals surface area contributed by atoms with Gasteiger partial charge in [0.1, 0.15) is 11.7 Å². The third-order valence-electron chi connectivity index (χ3n) is 5.29. The van der Waals surface area contributed by atoms with E-state index in [1.807, 2.05) is 13.8 Å². The molecule has 0 aromatic heterocycles. The number of quaternary nitrogens is 1. The number of benzene rings is 1. The summed E-state index contributed by atoms with van der Waals surface area (Å²) in [7, 11) is 0. The molecule has 0 spiro atoms. The van der Waals surface area contributed by atoms with Gasteiger partial charge in [-0.15, -0.1) is 11.6 Å². The van der Waals surface area contributed by atoms with Gasteiger partial charge >= 0.3 is 0 Å². The molecule has 0 amide bonds. The summed E-state index contributed by atoms with van der Waals surface area (Å²) < 4.78 is 0. The van der Waals surface area contributed by atoms with Gasteiger partial charge < -0.3 is 5.73 Å². The summed E-state index contributed by atoms with van der Waals surface area (Å²) in [6.45, 7) is 9.14. The molecular formula is C21H33ClNO2+. The SMILES string of the molecule is CCC(CC[NH3+])CC1CC(=O)C(c2c(C)cc(C)cc2C)C1=O.CCl. The van der Waals surface area contributed by atoms with Crippen molar-refractivity contribution in [1.82, 2.24) is 0 Å². The molecule has 3 atom stereocenters. The van der Waals surface area contributed by atoms with Crippen molar-refractivity contribution < 1.29 is 15.3 Å². The number of alkyl halides is 1. The predicted octanol–water partition coefficient (Wildman–Crippen LogP) is 3.76. The smallest absolute Gasteiger partial charge is 0.151 e. The van der Waals surface area contributed by atoms with Crippen LogP contribution in [-0.2, 0) is 9.59 Å². The van der Waals surface area contributed by atoms with Gasteiger partial charge in [0.2, 0.25) is 0 Å². The van der Waals surface area contributed by atoms with Gasteiger partial charge in [0.05, 0.1) is 6.54 Å². The van der Waals surface area contributed by atoms with Crippen LogP contribution in [0.4, 0.5) is 0 Å². The van der Waals surface area contributed by atoms with Crippen LogP contribution in [0.25, 0.3) is 0 Å². The van der Waals surface area contributed by atoms with Gasteiger partial charge in [0, 0.05) is 18.7 Å². The molecule has 0 bridgehead atoms. The highest BCUT2D eigenvalue weighted by Crippen LogP contribution is 2.39. The van der Waals surface area contributed by atoms with Gasteiger partial charge in [0.25, 0.3) is 0 Å². The third kappa shape index (κ3) is 5.15. The molecule has 3 N–H and O–H groups in total. The highest BCUT2D eigenvalue weighted by molar-refractivity contribution is 6.15. The highest BCUT2D eigenvalue weighted by Gasteiger charge is 2.43. The van der Waals surface area contributed by atoms with Crippen LogP contribution in [-0.4, -0.2) is 24.5 Å². The van der Waals surface area contributed by atoms with E-state index in [0.717, 1.165) is 42.5 Å². The average molecular weight is 367 g/mol. The van der Waals surface area contributed by atoms with Gasteiger partial charge in [-0.3, -0.25) is 9.59 Å². The Balaban J connectivity index is 0.00000151. The van der Waals surface area contributed by atoms with Gasteiger partial charge in [-0.2, -0.15) is 0 Å². The van der Waals surface area contributed by atoms with Crippen molar-refractivity contribution in [1.29, 1.82) is 0 Å². The standard InChI is InChI=1S/C20H29NO2.CH3Cl/c1-5-15(6-7-21)10-16-11-17(22)19(20(16)23)18-13(3)8-12(2)9-14(18)4;1-2/h8-9,15-16,19H,5-7,10-11,21H2,1-4H3;1H3/p+1. The molecule has 0 radical (unpaired) electrons. The molecule has 0 saturated heterocycles. The minimum absolute atomic E-state index is 0.0934. The van der Waals surface area contributed by atoms with Crippen molar-refractivity contribution in [2.45, 2.75) is 59.3 Å².